The average molecular weight is 740 g/mol. The zero-order valence-corrected chi connectivity index (χ0v) is 28.8. The summed E-state index contributed by atoms with van der Waals surface area (Å²) < 4.78 is 41.6. The molecule has 0 spiro atoms. The van der Waals surface area contributed by atoms with Crippen LogP contribution in [0, 0.1) is 5.92 Å². The van der Waals surface area contributed by atoms with E-state index < -0.39 is 23.3 Å². The van der Waals surface area contributed by atoms with Crippen molar-refractivity contribution in [2.45, 2.75) is 82.6 Å². The minimum absolute atomic E-state index is 0.00796. The molecule has 256 valence electrons. The predicted molar refractivity (Wildman–Crippen MR) is 179 cm³/mol. The number of benzene rings is 1. The summed E-state index contributed by atoms with van der Waals surface area (Å²) in [6.07, 6.45) is 1.80. The van der Waals surface area contributed by atoms with Gasteiger partial charge in [-0.05, 0) is 97.0 Å². The first-order valence-electron chi connectivity index (χ1n) is 16.6. The Morgan fingerprint density at radius 1 is 0.957 bits per heavy atom. The van der Waals surface area contributed by atoms with Gasteiger partial charge in [-0.15, -0.1) is 11.3 Å². The quantitative estimate of drug-likeness (QED) is 0.331. The van der Waals surface area contributed by atoms with Gasteiger partial charge in [0.15, 0.2) is 0 Å². The Labute approximate surface area is 285 Å². The van der Waals surface area contributed by atoms with Gasteiger partial charge in [0.25, 0.3) is 0 Å². The molecular weight excluding hydrogens is 697 g/mol. The third-order valence-electron chi connectivity index (χ3n) is 10.3. The fourth-order valence-corrected chi connectivity index (χ4v) is 8.90. The number of carbonyl (C=O) groups excluding carboxylic acids is 3. The molecular formula is C33H42BrF3N6O3S. The van der Waals surface area contributed by atoms with E-state index in [1.807, 2.05) is 15.7 Å². The lowest BCUT2D eigenvalue weighted by Gasteiger charge is -2.41. The lowest BCUT2D eigenvalue weighted by molar-refractivity contribution is -0.143. The first-order valence-corrected chi connectivity index (χ1v) is 18.3. The molecule has 9 nitrogen and oxygen atoms in total. The molecule has 0 aliphatic carbocycles. The van der Waals surface area contributed by atoms with Gasteiger partial charge < -0.3 is 30.7 Å². The van der Waals surface area contributed by atoms with E-state index in [9.17, 15) is 27.6 Å². The lowest BCUT2D eigenvalue weighted by Crippen LogP contribution is -2.52. The summed E-state index contributed by atoms with van der Waals surface area (Å²) in [5.41, 5.74) is 6.63. The molecule has 5 heterocycles. The zero-order chi connectivity index (χ0) is 33.3. The summed E-state index contributed by atoms with van der Waals surface area (Å²) in [6.45, 7) is 4.72. The van der Waals surface area contributed by atoms with Gasteiger partial charge in [-0.25, -0.2) is 4.79 Å². The Hall–Kier alpha value is -2.84. The number of halogens is 4. The fourth-order valence-electron chi connectivity index (χ4n) is 7.61. The summed E-state index contributed by atoms with van der Waals surface area (Å²) >= 11 is 4.71. The van der Waals surface area contributed by atoms with E-state index in [0.29, 0.717) is 57.2 Å². The topological polar surface area (TPSA) is 102 Å². The summed E-state index contributed by atoms with van der Waals surface area (Å²) in [5.74, 6) is -1.20. The Balaban J connectivity index is 1.13. The smallest absolute Gasteiger partial charge is 0.397 e. The van der Waals surface area contributed by atoms with Crippen LogP contribution in [0.2, 0.25) is 0 Å². The zero-order valence-electron chi connectivity index (χ0n) is 26.4. The highest BCUT2D eigenvalue weighted by Crippen LogP contribution is 2.39. The number of hydrogen-bond donors (Lipinski definition) is 2. The first-order chi connectivity index (χ1) is 22.5. The molecule has 47 heavy (non-hydrogen) atoms. The van der Waals surface area contributed by atoms with Gasteiger partial charge in [-0.2, -0.15) is 13.2 Å². The van der Waals surface area contributed by atoms with E-state index in [1.165, 1.54) is 25.3 Å². The summed E-state index contributed by atoms with van der Waals surface area (Å²) in [5, 5.41) is 6.90. The molecule has 3 N–H and O–H groups in total. The first kappa shape index (κ1) is 34.0. The number of carbonyl (C=O) groups is 3. The number of rotatable bonds is 7. The molecule has 1 atom stereocenters. The summed E-state index contributed by atoms with van der Waals surface area (Å²) in [4.78, 5) is 48.4. The van der Waals surface area contributed by atoms with Crippen LogP contribution in [0.15, 0.2) is 27.4 Å². The van der Waals surface area contributed by atoms with Crippen molar-refractivity contribution in [3.05, 3.63) is 44.1 Å². The van der Waals surface area contributed by atoms with Crippen molar-refractivity contribution < 1.29 is 27.6 Å². The van der Waals surface area contributed by atoms with Gasteiger partial charge in [-0.1, -0.05) is 6.42 Å². The number of urea groups is 1. The van der Waals surface area contributed by atoms with E-state index >= 15 is 0 Å². The van der Waals surface area contributed by atoms with E-state index in [2.05, 4.69) is 26.1 Å². The van der Waals surface area contributed by atoms with Crippen LogP contribution in [0.5, 0.6) is 0 Å². The van der Waals surface area contributed by atoms with Crippen LogP contribution in [0.25, 0.3) is 0 Å². The van der Waals surface area contributed by atoms with Gasteiger partial charge in [0.2, 0.25) is 11.8 Å². The van der Waals surface area contributed by atoms with Crippen molar-refractivity contribution in [1.82, 2.24) is 19.6 Å². The van der Waals surface area contributed by atoms with Crippen LogP contribution < -0.4 is 11.1 Å². The molecule has 6 rings (SSSR count). The molecule has 0 bridgehead atoms. The Morgan fingerprint density at radius 2 is 1.62 bits per heavy atom. The normalized spacial score (nSPS) is 21.0. The Kier molecular flexibility index (Phi) is 10.4. The van der Waals surface area contributed by atoms with Gasteiger partial charge >= 0.3 is 12.2 Å². The molecule has 0 unspecified atom stereocenters. The van der Waals surface area contributed by atoms with Gasteiger partial charge in [0.05, 0.1) is 29.4 Å². The van der Waals surface area contributed by atoms with Crippen molar-refractivity contribution in [1.29, 1.82) is 0 Å². The molecule has 2 aromatic rings. The van der Waals surface area contributed by atoms with Crippen LogP contribution >= 0.6 is 27.3 Å². The average Bonchev–Trinajstić information content (AvgIpc) is 3.52. The number of thiophene rings is 1. The van der Waals surface area contributed by atoms with Crippen molar-refractivity contribution >= 4 is 56.5 Å². The minimum atomic E-state index is -4.66. The van der Waals surface area contributed by atoms with E-state index in [4.69, 9.17) is 5.73 Å². The largest absolute Gasteiger partial charge is 0.418 e. The SMILES string of the molecule is Nc1c(Br)cc(C[C@@H](CC(=O)N2CCC(N3Cc4cscc4NC3=O)CC2)C(=O)N2CCC(N3CCCCC3)CC2)cc1C(F)(F)F. The second kappa shape index (κ2) is 14.3. The van der Waals surface area contributed by atoms with Gasteiger partial charge in [-0.3, -0.25) is 9.59 Å². The molecule has 0 radical (unpaired) electrons. The van der Waals surface area contributed by atoms with E-state index in [1.54, 1.807) is 21.1 Å². The van der Waals surface area contributed by atoms with E-state index in [-0.39, 0.29) is 41.2 Å². The van der Waals surface area contributed by atoms with Crippen molar-refractivity contribution in [3.8, 4) is 0 Å². The number of nitrogen functional groups attached to an aromatic ring is 1. The Bertz CT molecular complexity index is 1470. The van der Waals surface area contributed by atoms with Crippen molar-refractivity contribution in [2.75, 3.05) is 50.3 Å². The molecule has 0 saturated carbocycles. The number of nitrogens with zero attached hydrogens (tertiary/aromatic N) is 4. The maximum atomic E-state index is 14.0. The van der Waals surface area contributed by atoms with Crippen LogP contribution in [-0.2, 0) is 28.7 Å². The number of likely N-dealkylation sites (tertiary alicyclic amines) is 3. The number of nitrogens with two attached hydrogens (primary N) is 1. The summed E-state index contributed by atoms with van der Waals surface area (Å²) in [6, 6.07) is 2.80. The molecule has 4 aliphatic rings. The molecule has 4 aliphatic heterocycles. The number of hydrogen-bond acceptors (Lipinski definition) is 6. The van der Waals surface area contributed by atoms with Crippen LogP contribution in [0.1, 0.15) is 68.1 Å². The monoisotopic (exact) mass is 738 g/mol. The molecule has 3 fully saturated rings. The molecule has 3 saturated heterocycles. The minimum Gasteiger partial charge on any atom is -0.397 e. The number of amides is 4. The predicted octanol–water partition coefficient (Wildman–Crippen LogP) is 6.18. The second-order valence-corrected chi connectivity index (χ2v) is 14.9. The standard InChI is InChI=1S/C33H42BrF3N6O3S/c34-27-16-21(15-26(30(27)38)33(35,36)37)14-22(31(45)42-12-4-24(5-13-42)40-8-2-1-3-9-40)17-29(44)41-10-6-25(7-11-41)43-18-23-19-47-20-28(23)39-32(43)46/h15-16,19-20,22,24-25H,1-14,17-18,38H2,(H,39,46)/t22-/m0/s1. The lowest BCUT2D eigenvalue weighted by atomic mass is 9.91. The van der Waals surface area contributed by atoms with Gasteiger partial charge in [0, 0.05) is 60.1 Å². The molecule has 1 aromatic carbocycles. The number of piperidine rings is 3. The number of alkyl halides is 3. The third kappa shape index (κ3) is 7.75. The number of nitrogens with one attached hydrogen (secondary N) is 1. The van der Waals surface area contributed by atoms with Crippen LogP contribution in [0.3, 0.4) is 0 Å². The highest BCUT2D eigenvalue weighted by molar-refractivity contribution is 9.10. The number of anilines is 2. The third-order valence-corrected chi connectivity index (χ3v) is 11.7. The molecule has 1 aromatic heterocycles. The highest BCUT2D eigenvalue weighted by atomic mass is 79.9. The van der Waals surface area contributed by atoms with Crippen molar-refractivity contribution in [2.24, 2.45) is 5.92 Å². The maximum absolute atomic E-state index is 14.0. The Morgan fingerprint density at radius 3 is 2.30 bits per heavy atom. The highest BCUT2D eigenvalue weighted by Gasteiger charge is 2.38. The summed E-state index contributed by atoms with van der Waals surface area (Å²) in [7, 11) is 0. The number of fused-ring (bicyclic) bond motifs is 1. The second-order valence-electron chi connectivity index (χ2n) is 13.3. The van der Waals surface area contributed by atoms with Crippen LogP contribution in [0.4, 0.5) is 29.3 Å². The fraction of sp³-hybridized carbons (Fsp3) is 0.606. The van der Waals surface area contributed by atoms with Gasteiger partial charge in [0.1, 0.15) is 0 Å². The molecule has 14 heteroatoms. The van der Waals surface area contributed by atoms with E-state index in [0.717, 1.165) is 43.2 Å². The maximum Gasteiger partial charge on any atom is 0.418 e. The van der Waals surface area contributed by atoms with Crippen molar-refractivity contribution in [3.63, 3.8) is 0 Å². The molecule has 4 amide bonds. The van der Waals surface area contributed by atoms with Crippen LogP contribution in [-0.4, -0.2) is 88.8 Å².